The molecule has 0 fully saturated rings. The van der Waals surface area contributed by atoms with Crippen LogP contribution in [0.4, 0.5) is 5.69 Å². The van der Waals surface area contributed by atoms with Gasteiger partial charge >= 0.3 is 0 Å². The topological polar surface area (TPSA) is 29.9 Å². The van der Waals surface area contributed by atoms with Crippen molar-refractivity contribution in [1.82, 2.24) is 9.66 Å². The van der Waals surface area contributed by atoms with E-state index in [2.05, 4.69) is 53.0 Å². The predicted molar refractivity (Wildman–Crippen MR) is 99.5 cm³/mol. The number of hydrogen-bond donors (Lipinski definition) is 1. The Bertz CT molecular complexity index is 959. The van der Waals surface area contributed by atoms with Gasteiger partial charge in [0.05, 0.1) is 11.2 Å². The van der Waals surface area contributed by atoms with Crippen LogP contribution in [0.25, 0.3) is 10.9 Å². The van der Waals surface area contributed by atoms with Crippen molar-refractivity contribution in [2.75, 3.05) is 5.43 Å². The van der Waals surface area contributed by atoms with E-state index in [1.54, 1.807) is 0 Å². The molecule has 118 valence electrons. The lowest BCUT2D eigenvalue weighted by atomic mass is 10.0. The molecule has 24 heavy (non-hydrogen) atoms. The maximum atomic E-state index is 5.95. The minimum Gasteiger partial charge on any atom is -0.294 e. The van der Waals surface area contributed by atoms with Crippen LogP contribution in [0.1, 0.15) is 11.1 Å². The van der Waals surface area contributed by atoms with E-state index in [0.29, 0.717) is 0 Å². The van der Waals surface area contributed by atoms with Gasteiger partial charge in [-0.3, -0.25) is 15.1 Å². The molecule has 0 aliphatic carbocycles. The molecule has 0 radical (unpaired) electrons. The van der Waals surface area contributed by atoms with E-state index < -0.39 is 0 Å². The smallest absolute Gasteiger partial charge is 0.0699 e. The number of nitrogens with zero attached hydrogens (tertiary/aromatic N) is 2. The predicted octanol–water partition coefficient (Wildman–Crippen LogP) is 5.16. The van der Waals surface area contributed by atoms with Crippen LogP contribution in [0.5, 0.6) is 0 Å². The first kappa shape index (κ1) is 14.8. The molecule has 0 atom stereocenters. The van der Waals surface area contributed by atoms with Gasteiger partial charge in [-0.25, -0.2) is 0 Å². The number of nitrogens with one attached hydrogen (secondary N) is 1. The summed E-state index contributed by atoms with van der Waals surface area (Å²) in [7, 11) is 0. The summed E-state index contributed by atoms with van der Waals surface area (Å²) in [6.07, 6.45) is 6.62. The summed E-state index contributed by atoms with van der Waals surface area (Å²) in [5.41, 5.74) is 8.10. The Morgan fingerprint density at radius 3 is 2.50 bits per heavy atom. The molecule has 4 aromatic rings. The van der Waals surface area contributed by atoms with Crippen LogP contribution in [-0.4, -0.2) is 9.66 Å². The van der Waals surface area contributed by atoms with Gasteiger partial charge in [0.1, 0.15) is 0 Å². The highest BCUT2D eigenvalue weighted by Gasteiger charge is 2.06. The maximum Gasteiger partial charge on any atom is 0.0699 e. The Hall–Kier alpha value is -2.78. The number of rotatable bonds is 4. The van der Waals surface area contributed by atoms with Gasteiger partial charge in [-0.1, -0.05) is 23.7 Å². The van der Waals surface area contributed by atoms with Crippen molar-refractivity contribution in [2.45, 2.75) is 6.42 Å². The Balaban J connectivity index is 1.67. The molecule has 2 aromatic heterocycles. The molecule has 4 rings (SSSR count). The Labute approximate surface area is 145 Å². The molecule has 0 aliphatic rings. The quantitative estimate of drug-likeness (QED) is 0.559. The summed E-state index contributed by atoms with van der Waals surface area (Å²) >= 11 is 5.95. The fourth-order valence-electron chi connectivity index (χ4n) is 2.87. The Morgan fingerprint density at radius 2 is 1.71 bits per heavy atom. The Kier molecular flexibility index (Phi) is 3.93. The van der Waals surface area contributed by atoms with Crippen LogP contribution in [0.15, 0.2) is 79.3 Å². The summed E-state index contributed by atoms with van der Waals surface area (Å²) in [4.78, 5) is 4.08. The van der Waals surface area contributed by atoms with Crippen molar-refractivity contribution in [3.63, 3.8) is 0 Å². The fraction of sp³-hybridized carbons (Fsp3) is 0.0500. The summed E-state index contributed by atoms with van der Waals surface area (Å²) in [5, 5.41) is 1.98. The lowest BCUT2D eigenvalue weighted by molar-refractivity contribution is 1.01. The van der Waals surface area contributed by atoms with Crippen molar-refractivity contribution in [2.24, 2.45) is 0 Å². The standard InChI is InChI=1S/C20H16ClN3/c21-17-4-6-18(7-5-17)23-24-13-10-19-16(2-1-3-20(19)24)14-15-8-11-22-12-9-15/h1-13,23H,14H2. The minimum atomic E-state index is 0.734. The number of pyridine rings is 1. The molecular formula is C20H16ClN3. The molecule has 0 aliphatic heterocycles. The highest BCUT2D eigenvalue weighted by atomic mass is 35.5. The first-order valence-electron chi connectivity index (χ1n) is 7.80. The van der Waals surface area contributed by atoms with E-state index in [9.17, 15) is 0 Å². The van der Waals surface area contributed by atoms with Crippen LogP contribution < -0.4 is 5.43 Å². The molecule has 0 saturated carbocycles. The van der Waals surface area contributed by atoms with Gasteiger partial charge in [0.15, 0.2) is 0 Å². The molecule has 0 bridgehead atoms. The zero-order valence-electron chi connectivity index (χ0n) is 13.0. The minimum absolute atomic E-state index is 0.734. The van der Waals surface area contributed by atoms with Gasteiger partial charge < -0.3 is 0 Å². The van der Waals surface area contributed by atoms with Crippen molar-refractivity contribution < 1.29 is 0 Å². The summed E-state index contributed by atoms with van der Waals surface area (Å²) in [6, 6.07) is 20.3. The summed E-state index contributed by atoms with van der Waals surface area (Å²) in [5.74, 6) is 0. The van der Waals surface area contributed by atoms with E-state index in [-0.39, 0.29) is 0 Å². The number of aromatic nitrogens is 2. The van der Waals surface area contributed by atoms with Gasteiger partial charge in [0.25, 0.3) is 0 Å². The van der Waals surface area contributed by atoms with Crippen molar-refractivity contribution in [3.05, 3.63) is 95.4 Å². The second-order valence-electron chi connectivity index (χ2n) is 5.69. The molecule has 3 nitrogen and oxygen atoms in total. The SMILES string of the molecule is Clc1ccc(Nn2ccc3c(Cc4ccncc4)cccc32)cc1. The molecule has 0 saturated heterocycles. The fourth-order valence-corrected chi connectivity index (χ4v) is 2.99. The second kappa shape index (κ2) is 6.38. The first-order chi connectivity index (χ1) is 11.8. The van der Waals surface area contributed by atoms with E-state index in [0.717, 1.165) is 22.6 Å². The second-order valence-corrected chi connectivity index (χ2v) is 6.12. The average molecular weight is 334 g/mol. The van der Waals surface area contributed by atoms with E-state index in [1.165, 1.54) is 16.5 Å². The third-order valence-corrected chi connectivity index (χ3v) is 4.31. The van der Waals surface area contributed by atoms with Crippen LogP contribution in [0.2, 0.25) is 5.02 Å². The van der Waals surface area contributed by atoms with Gasteiger partial charge in [-0.2, -0.15) is 0 Å². The number of benzene rings is 2. The van der Waals surface area contributed by atoms with Crippen LogP contribution >= 0.6 is 11.6 Å². The van der Waals surface area contributed by atoms with E-state index in [4.69, 9.17) is 11.6 Å². The highest BCUT2D eigenvalue weighted by molar-refractivity contribution is 6.30. The summed E-state index contributed by atoms with van der Waals surface area (Å²) < 4.78 is 2.04. The molecular weight excluding hydrogens is 318 g/mol. The number of anilines is 1. The lowest BCUT2D eigenvalue weighted by Gasteiger charge is -2.10. The third-order valence-electron chi connectivity index (χ3n) is 4.06. The molecule has 4 heteroatoms. The number of halogens is 1. The van der Waals surface area contributed by atoms with Crippen LogP contribution in [0.3, 0.4) is 0 Å². The Morgan fingerprint density at radius 1 is 0.917 bits per heavy atom. The highest BCUT2D eigenvalue weighted by Crippen LogP contribution is 2.23. The lowest BCUT2D eigenvalue weighted by Crippen LogP contribution is -2.06. The molecule has 0 spiro atoms. The monoisotopic (exact) mass is 333 g/mol. The maximum absolute atomic E-state index is 5.95. The molecule has 0 amide bonds. The third kappa shape index (κ3) is 2.99. The van der Waals surface area contributed by atoms with Gasteiger partial charge in [-0.05, 0) is 66.1 Å². The van der Waals surface area contributed by atoms with Crippen molar-refractivity contribution >= 4 is 28.2 Å². The zero-order chi connectivity index (χ0) is 16.4. The first-order valence-corrected chi connectivity index (χ1v) is 8.18. The number of hydrogen-bond acceptors (Lipinski definition) is 2. The van der Waals surface area contributed by atoms with Crippen LogP contribution in [-0.2, 0) is 6.42 Å². The van der Waals surface area contributed by atoms with E-state index in [1.807, 2.05) is 41.3 Å². The normalized spacial score (nSPS) is 10.9. The van der Waals surface area contributed by atoms with Crippen LogP contribution in [0, 0.1) is 0 Å². The van der Waals surface area contributed by atoms with Gasteiger partial charge in [-0.15, -0.1) is 0 Å². The number of fused-ring (bicyclic) bond motifs is 1. The average Bonchev–Trinajstić information content (AvgIpc) is 3.02. The zero-order valence-corrected chi connectivity index (χ0v) is 13.7. The van der Waals surface area contributed by atoms with Crippen molar-refractivity contribution in [1.29, 1.82) is 0 Å². The molecule has 1 N–H and O–H groups in total. The van der Waals surface area contributed by atoms with Gasteiger partial charge in [0.2, 0.25) is 0 Å². The largest absolute Gasteiger partial charge is 0.294 e. The molecule has 2 heterocycles. The van der Waals surface area contributed by atoms with Crippen molar-refractivity contribution in [3.8, 4) is 0 Å². The van der Waals surface area contributed by atoms with Gasteiger partial charge in [0, 0.05) is 29.0 Å². The molecule has 0 unspecified atom stereocenters. The summed E-state index contributed by atoms with van der Waals surface area (Å²) in [6.45, 7) is 0. The molecule has 2 aromatic carbocycles. The van der Waals surface area contributed by atoms with E-state index >= 15 is 0 Å².